The van der Waals surface area contributed by atoms with Crippen LogP contribution in [0.15, 0.2) is 18.5 Å². The summed E-state index contributed by atoms with van der Waals surface area (Å²) in [5, 5.41) is 0. The first-order valence-corrected chi connectivity index (χ1v) is 4.50. The molecule has 3 N–H and O–H groups in total. The minimum absolute atomic E-state index is 0.414. The number of aromatic amines is 1. The van der Waals surface area contributed by atoms with Gasteiger partial charge in [-0.1, -0.05) is 13.8 Å². The van der Waals surface area contributed by atoms with Gasteiger partial charge in [0, 0.05) is 12.4 Å². The molecule has 0 bridgehead atoms. The van der Waals surface area contributed by atoms with Gasteiger partial charge in [-0.2, -0.15) is 0 Å². The summed E-state index contributed by atoms with van der Waals surface area (Å²) in [4.78, 5) is 3.09. The largest absolute Gasteiger partial charge is 0.367 e. The van der Waals surface area contributed by atoms with Crippen molar-refractivity contribution in [3.63, 3.8) is 0 Å². The lowest BCUT2D eigenvalue weighted by atomic mass is 10.1. The van der Waals surface area contributed by atoms with Crippen LogP contribution in [0.25, 0.3) is 0 Å². The Labute approximate surface area is 73.2 Å². The molecule has 12 heavy (non-hydrogen) atoms. The second-order valence-corrected chi connectivity index (χ2v) is 4.29. The summed E-state index contributed by atoms with van der Waals surface area (Å²) < 4.78 is 0. The number of hydrogen-bond acceptors (Lipinski definition) is 1. The minimum atomic E-state index is 0.414. The fourth-order valence-electron chi connectivity index (χ4n) is 2.38. The van der Waals surface area contributed by atoms with Gasteiger partial charge in [-0.05, 0) is 35.4 Å². The monoisotopic (exact) mass is 164 g/mol. The third-order valence-corrected chi connectivity index (χ3v) is 3.29. The molecule has 0 amide bonds. The number of nitrogens with two attached hydrogens (primary N) is 1. The van der Waals surface area contributed by atoms with E-state index in [0.717, 1.165) is 6.54 Å². The fourth-order valence-corrected chi connectivity index (χ4v) is 2.38. The molecule has 2 rings (SSSR count). The van der Waals surface area contributed by atoms with Gasteiger partial charge in [0.1, 0.15) is 0 Å². The second-order valence-electron chi connectivity index (χ2n) is 4.29. The lowest BCUT2D eigenvalue weighted by molar-refractivity contribution is 0.558. The van der Waals surface area contributed by atoms with Crippen LogP contribution in [0, 0.1) is 11.3 Å². The second kappa shape index (κ2) is 2.36. The first-order chi connectivity index (χ1) is 5.68. The first-order valence-electron chi connectivity index (χ1n) is 4.50. The lowest BCUT2D eigenvalue weighted by Gasteiger charge is -1.98. The van der Waals surface area contributed by atoms with Gasteiger partial charge in [-0.25, -0.2) is 0 Å². The maximum Gasteiger partial charge on any atom is 0.00405 e. The molecule has 0 saturated heterocycles. The van der Waals surface area contributed by atoms with Gasteiger partial charge in [0.15, 0.2) is 0 Å². The van der Waals surface area contributed by atoms with Gasteiger partial charge in [-0.15, -0.1) is 0 Å². The zero-order valence-electron chi connectivity index (χ0n) is 7.67. The Morgan fingerprint density at radius 1 is 1.58 bits per heavy atom. The van der Waals surface area contributed by atoms with Crippen molar-refractivity contribution in [1.82, 2.24) is 4.98 Å². The van der Waals surface area contributed by atoms with Crippen LogP contribution in [0.2, 0.25) is 0 Å². The normalized spacial score (nSPS) is 31.9. The molecule has 1 fully saturated rings. The minimum Gasteiger partial charge on any atom is -0.367 e. The molecule has 0 aliphatic heterocycles. The molecular weight excluding hydrogens is 148 g/mol. The van der Waals surface area contributed by atoms with Crippen LogP contribution in [0.4, 0.5) is 0 Å². The molecule has 0 unspecified atom stereocenters. The Hall–Kier alpha value is -0.760. The molecule has 0 radical (unpaired) electrons. The topological polar surface area (TPSA) is 41.8 Å². The SMILES string of the molecule is CC1(C)[C@H](CN)[C@H]1c1cc[nH]c1. The summed E-state index contributed by atoms with van der Waals surface area (Å²) in [6.07, 6.45) is 4.07. The maximum absolute atomic E-state index is 5.70. The van der Waals surface area contributed by atoms with E-state index >= 15 is 0 Å². The molecule has 2 atom stereocenters. The zero-order chi connectivity index (χ0) is 8.77. The van der Waals surface area contributed by atoms with Crippen molar-refractivity contribution in [1.29, 1.82) is 0 Å². The summed E-state index contributed by atoms with van der Waals surface area (Å²) in [6.45, 7) is 5.40. The Bertz CT molecular complexity index is 261. The van der Waals surface area contributed by atoms with Crippen molar-refractivity contribution in [2.24, 2.45) is 17.1 Å². The highest BCUT2D eigenvalue weighted by Gasteiger charge is 2.57. The average molecular weight is 164 g/mol. The van der Waals surface area contributed by atoms with E-state index < -0.39 is 0 Å². The lowest BCUT2D eigenvalue weighted by Crippen LogP contribution is -2.05. The Kier molecular flexibility index (Phi) is 1.55. The predicted octanol–water partition coefficient (Wildman–Crippen LogP) is 1.71. The van der Waals surface area contributed by atoms with Gasteiger partial charge in [0.2, 0.25) is 0 Å². The van der Waals surface area contributed by atoms with Gasteiger partial charge in [-0.3, -0.25) is 0 Å². The van der Waals surface area contributed by atoms with E-state index in [4.69, 9.17) is 5.73 Å². The Morgan fingerprint density at radius 2 is 2.33 bits per heavy atom. The molecule has 2 nitrogen and oxygen atoms in total. The smallest absolute Gasteiger partial charge is 0.00405 e. The van der Waals surface area contributed by atoms with Gasteiger partial charge < -0.3 is 10.7 Å². The third-order valence-electron chi connectivity index (χ3n) is 3.29. The third kappa shape index (κ3) is 0.911. The van der Waals surface area contributed by atoms with E-state index in [0.29, 0.717) is 17.3 Å². The summed E-state index contributed by atoms with van der Waals surface area (Å²) >= 11 is 0. The number of H-pyrrole nitrogens is 1. The molecule has 1 heterocycles. The van der Waals surface area contributed by atoms with Gasteiger partial charge >= 0.3 is 0 Å². The standard InChI is InChI=1S/C10H16N2/c1-10(2)8(5-11)9(10)7-3-4-12-6-7/h3-4,6,8-9,12H,5,11H2,1-2H3/t8-,9-/m1/s1. The molecule has 2 heteroatoms. The van der Waals surface area contributed by atoms with Crippen LogP contribution >= 0.6 is 0 Å². The van der Waals surface area contributed by atoms with Crippen molar-refractivity contribution in [3.05, 3.63) is 24.0 Å². The fraction of sp³-hybridized carbons (Fsp3) is 0.600. The van der Waals surface area contributed by atoms with Crippen molar-refractivity contribution >= 4 is 0 Å². The van der Waals surface area contributed by atoms with Crippen molar-refractivity contribution in [2.45, 2.75) is 19.8 Å². The summed E-state index contributed by atoms with van der Waals surface area (Å²) in [5.41, 5.74) is 7.52. The van der Waals surface area contributed by atoms with Gasteiger partial charge in [0.05, 0.1) is 0 Å². The Morgan fingerprint density at radius 3 is 2.75 bits per heavy atom. The predicted molar refractivity (Wildman–Crippen MR) is 49.9 cm³/mol. The van der Waals surface area contributed by atoms with E-state index in [-0.39, 0.29) is 0 Å². The highest BCUT2D eigenvalue weighted by Crippen LogP contribution is 2.63. The molecule has 1 aliphatic rings. The first kappa shape index (κ1) is 7.87. The van der Waals surface area contributed by atoms with Crippen molar-refractivity contribution < 1.29 is 0 Å². The quantitative estimate of drug-likeness (QED) is 0.686. The summed E-state index contributed by atoms with van der Waals surface area (Å²) in [5.74, 6) is 1.35. The van der Waals surface area contributed by atoms with Gasteiger partial charge in [0.25, 0.3) is 0 Å². The highest BCUT2D eigenvalue weighted by atomic mass is 14.7. The van der Waals surface area contributed by atoms with Crippen LogP contribution in [-0.2, 0) is 0 Å². The molecule has 1 aliphatic carbocycles. The van der Waals surface area contributed by atoms with Crippen LogP contribution in [0.3, 0.4) is 0 Å². The van der Waals surface area contributed by atoms with Crippen molar-refractivity contribution in [3.8, 4) is 0 Å². The molecule has 1 aromatic rings. The summed E-state index contributed by atoms with van der Waals surface area (Å²) in [7, 11) is 0. The van der Waals surface area contributed by atoms with Crippen LogP contribution in [0.1, 0.15) is 25.3 Å². The van der Waals surface area contributed by atoms with Crippen LogP contribution in [0.5, 0.6) is 0 Å². The zero-order valence-corrected chi connectivity index (χ0v) is 7.67. The van der Waals surface area contributed by atoms with E-state index in [1.54, 1.807) is 0 Å². The summed E-state index contributed by atoms with van der Waals surface area (Å²) in [6, 6.07) is 2.15. The molecule has 1 saturated carbocycles. The average Bonchev–Trinajstić information content (AvgIpc) is 2.50. The van der Waals surface area contributed by atoms with E-state index in [2.05, 4.69) is 31.1 Å². The number of aromatic nitrogens is 1. The maximum atomic E-state index is 5.70. The molecule has 0 spiro atoms. The molecule has 0 aromatic carbocycles. The molecule has 1 aromatic heterocycles. The number of nitrogens with one attached hydrogen (secondary N) is 1. The van der Waals surface area contributed by atoms with Crippen molar-refractivity contribution in [2.75, 3.05) is 6.54 Å². The number of rotatable bonds is 2. The van der Waals surface area contributed by atoms with E-state index in [9.17, 15) is 0 Å². The van der Waals surface area contributed by atoms with E-state index in [1.165, 1.54) is 5.56 Å². The van der Waals surface area contributed by atoms with E-state index in [1.807, 2.05) is 6.20 Å². The molecular formula is C10H16N2. The van der Waals surface area contributed by atoms with Crippen LogP contribution < -0.4 is 5.73 Å². The van der Waals surface area contributed by atoms with Crippen LogP contribution in [-0.4, -0.2) is 11.5 Å². The highest BCUT2D eigenvalue weighted by molar-refractivity contribution is 5.29. The number of hydrogen-bond donors (Lipinski definition) is 2. The Balaban J connectivity index is 2.19. The molecule has 66 valence electrons.